The molecule has 35 heavy (non-hydrogen) atoms. The van der Waals surface area contributed by atoms with E-state index in [1.165, 1.54) is 38.5 Å². The molecule has 2 aromatic rings. The number of nitrogens with zero attached hydrogens (tertiary/aromatic N) is 3. The summed E-state index contributed by atoms with van der Waals surface area (Å²) in [5.41, 5.74) is 2.76. The number of aromatic nitrogens is 2. The Morgan fingerprint density at radius 1 is 1.11 bits per heavy atom. The van der Waals surface area contributed by atoms with E-state index in [2.05, 4.69) is 15.5 Å². The quantitative estimate of drug-likeness (QED) is 0.638. The molecule has 7 nitrogen and oxygen atoms in total. The maximum absolute atomic E-state index is 13.3. The minimum atomic E-state index is 0.00734. The van der Waals surface area contributed by atoms with Gasteiger partial charge in [-0.25, -0.2) is 4.98 Å². The molecular weight excluding hydrogens is 438 g/mol. The van der Waals surface area contributed by atoms with Gasteiger partial charge in [0, 0.05) is 44.3 Å². The Hall–Kier alpha value is -2.41. The monoisotopic (exact) mass is 477 g/mol. The summed E-state index contributed by atoms with van der Waals surface area (Å²) in [7, 11) is 0. The molecule has 5 aliphatic rings. The number of carbonyl (C=O) groups excluding carboxylic acids is 2. The Bertz CT molecular complexity index is 1090. The summed E-state index contributed by atoms with van der Waals surface area (Å²) < 4.78 is 1.94. The minimum Gasteiger partial charge on any atom is -0.352 e. The molecule has 188 valence electrons. The number of hydrogen-bond donors (Lipinski definition) is 2. The number of carbonyl (C=O) groups is 2. The van der Waals surface area contributed by atoms with Gasteiger partial charge in [-0.1, -0.05) is 19.9 Å². The Morgan fingerprint density at radius 3 is 2.51 bits per heavy atom. The van der Waals surface area contributed by atoms with Crippen LogP contribution in [0.2, 0.25) is 0 Å². The first kappa shape index (κ1) is 23.0. The minimum absolute atomic E-state index is 0.00734. The van der Waals surface area contributed by atoms with Crippen LogP contribution in [-0.4, -0.2) is 51.8 Å². The summed E-state index contributed by atoms with van der Waals surface area (Å²) in [6.07, 6.45) is 11.1. The van der Waals surface area contributed by atoms with Crippen LogP contribution in [0.15, 0.2) is 24.4 Å². The van der Waals surface area contributed by atoms with Gasteiger partial charge in [0.1, 0.15) is 11.3 Å². The number of likely N-dealkylation sites (tertiary alicyclic amines) is 1. The molecule has 7 heteroatoms. The first-order valence-electron chi connectivity index (χ1n) is 13.6. The summed E-state index contributed by atoms with van der Waals surface area (Å²) in [5, 5.41) is 6.47. The highest BCUT2D eigenvalue weighted by molar-refractivity contribution is 5.93. The highest BCUT2D eigenvalue weighted by Gasteiger charge is 2.50. The fourth-order valence-corrected chi connectivity index (χ4v) is 7.88. The smallest absolute Gasteiger partial charge is 0.268 e. The highest BCUT2D eigenvalue weighted by atomic mass is 16.2. The van der Waals surface area contributed by atoms with Crippen LogP contribution in [0.4, 0.5) is 0 Å². The number of imidazole rings is 1. The first-order chi connectivity index (χ1) is 16.9. The zero-order valence-corrected chi connectivity index (χ0v) is 21.1. The second kappa shape index (κ2) is 8.91. The van der Waals surface area contributed by atoms with Crippen LogP contribution in [0.1, 0.15) is 75.0 Å². The molecule has 7 rings (SSSR count). The van der Waals surface area contributed by atoms with E-state index in [0.29, 0.717) is 11.1 Å². The molecule has 2 amide bonds. The lowest BCUT2D eigenvalue weighted by molar-refractivity contribution is -0.124. The van der Waals surface area contributed by atoms with E-state index in [1.54, 1.807) is 0 Å². The van der Waals surface area contributed by atoms with E-state index in [0.717, 1.165) is 61.7 Å². The van der Waals surface area contributed by atoms with Crippen LogP contribution in [0.3, 0.4) is 0 Å². The van der Waals surface area contributed by atoms with Gasteiger partial charge < -0.3 is 10.6 Å². The van der Waals surface area contributed by atoms with Crippen molar-refractivity contribution >= 4 is 17.5 Å². The molecule has 2 N–H and O–H groups in total. The fraction of sp³-hybridized carbons (Fsp3) is 0.679. The molecule has 1 atom stereocenters. The molecule has 4 saturated carbocycles. The number of nitrogens with one attached hydrogen (secondary N) is 2. The van der Waals surface area contributed by atoms with Crippen LogP contribution >= 0.6 is 0 Å². The first-order valence-corrected chi connectivity index (χ1v) is 13.6. The number of fused-ring (bicyclic) bond motifs is 1. The van der Waals surface area contributed by atoms with E-state index in [1.807, 2.05) is 42.6 Å². The van der Waals surface area contributed by atoms with Crippen LogP contribution in [-0.2, 0) is 11.3 Å². The average Bonchev–Trinajstić information content (AvgIpc) is 3.42. The molecule has 0 aromatic carbocycles. The van der Waals surface area contributed by atoms with Crippen molar-refractivity contribution < 1.29 is 9.59 Å². The molecule has 5 fully saturated rings. The standard InChI is InChI=1S/C28H39N5O2/c1-18(2)26(34)31-22-6-7-32(14-22)15-23-16-33-24(4-3-5-25(33)30-23)27(35)29-17-28-11-19-8-20(12-28)10-21(9-19)13-28/h3-5,16,18-22H,6-15,17H2,1-2H3,(H,29,35)(H,31,34). The number of amides is 2. The maximum atomic E-state index is 13.3. The SMILES string of the molecule is CC(C)C(=O)NC1CCN(Cc2cn3c(C(=O)NCC45CC6CC(CC(C6)C4)C5)cccc3n2)C1. The molecule has 4 bridgehead atoms. The van der Waals surface area contributed by atoms with E-state index in [9.17, 15) is 9.59 Å². The van der Waals surface area contributed by atoms with Gasteiger partial charge in [-0.05, 0) is 80.2 Å². The average molecular weight is 478 g/mol. The lowest BCUT2D eigenvalue weighted by atomic mass is 9.49. The van der Waals surface area contributed by atoms with E-state index < -0.39 is 0 Å². The summed E-state index contributed by atoms with van der Waals surface area (Å²) in [4.78, 5) is 32.5. The van der Waals surface area contributed by atoms with Crippen molar-refractivity contribution in [2.75, 3.05) is 19.6 Å². The van der Waals surface area contributed by atoms with Crippen LogP contribution in [0.25, 0.3) is 5.65 Å². The third-order valence-corrected chi connectivity index (χ3v) is 9.09. The van der Waals surface area contributed by atoms with Gasteiger partial charge in [0.2, 0.25) is 5.91 Å². The van der Waals surface area contributed by atoms with Gasteiger partial charge in [0.15, 0.2) is 0 Å². The van der Waals surface area contributed by atoms with E-state index in [4.69, 9.17) is 4.98 Å². The molecule has 2 aromatic heterocycles. The maximum Gasteiger partial charge on any atom is 0.268 e. The topological polar surface area (TPSA) is 78.7 Å². The normalized spacial score (nSPS) is 32.0. The Labute approximate surface area is 208 Å². The molecule has 0 radical (unpaired) electrons. The summed E-state index contributed by atoms with van der Waals surface area (Å²) in [5.74, 6) is 2.81. The van der Waals surface area contributed by atoms with Gasteiger partial charge in [-0.15, -0.1) is 0 Å². The van der Waals surface area contributed by atoms with Crippen molar-refractivity contribution in [2.24, 2.45) is 29.1 Å². The zero-order valence-electron chi connectivity index (χ0n) is 21.1. The van der Waals surface area contributed by atoms with Gasteiger partial charge in [0.25, 0.3) is 5.91 Å². The third-order valence-electron chi connectivity index (χ3n) is 9.09. The van der Waals surface area contributed by atoms with Crippen molar-refractivity contribution in [1.82, 2.24) is 24.9 Å². The Morgan fingerprint density at radius 2 is 1.83 bits per heavy atom. The lowest BCUT2D eigenvalue weighted by Gasteiger charge is -2.56. The number of pyridine rings is 1. The van der Waals surface area contributed by atoms with Crippen LogP contribution in [0, 0.1) is 29.1 Å². The second-order valence-electron chi connectivity index (χ2n) is 12.4. The summed E-state index contributed by atoms with van der Waals surface area (Å²) in [6.45, 7) is 7.17. The van der Waals surface area contributed by atoms with Crippen LogP contribution in [0.5, 0.6) is 0 Å². The van der Waals surface area contributed by atoms with Crippen molar-refractivity contribution in [3.8, 4) is 0 Å². The predicted molar refractivity (Wildman–Crippen MR) is 135 cm³/mol. The van der Waals surface area contributed by atoms with Gasteiger partial charge >= 0.3 is 0 Å². The molecule has 1 unspecified atom stereocenters. The van der Waals surface area contributed by atoms with Crippen LogP contribution < -0.4 is 10.6 Å². The Kier molecular flexibility index (Phi) is 5.86. The summed E-state index contributed by atoms with van der Waals surface area (Å²) >= 11 is 0. The zero-order chi connectivity index (χ0) is 24.2. The van der Waals surface area contributed by atoms with Crippen molar-refractivity contribution in [1.29, 1.82) is 0 Å². The molecule has 1 aliphatic heterocycles. The van der Waals surface area contributed by atoms with E-state index in [-0.39, 0.29) is 23.8 Å². The molecule has 0 spiro atoms. The van der Waals surface area contributed by atoms with Crippen molar-refractivity contribution in [3.05, 3.63) is 35.8 Å². The largest absolute Gasteiger partial charge is 0.352 e. The fourth-order valence-electron chi connectivity index (χ4n) is 7.88. The number of hydrogen-bond acceptors (Lipinski definition) is 4. The summed E-state index contributed by atoms with van der Waals surface area (Å²) in [6, 6.07) is 6.00. The van der Waals surface area contributed by atoms with Crippen molar-refractivity contribution in [2.45, 2.75) is 71.4 Å². The highest BCUT2D eigenvalue weighted by Crippen LogP contribution is 2.59. The number of rotatable bonds is 7. The molecular formula is C28H39N5O2. The van der Waals surface area contributed by atoms with Gasteiger partial charge in [-0.2, -0.15) is 0 Å². The molecule has 1 saturated heterocycles. The predicted octanol–water partition coefficient (Wildman–Crippen LogP) is 3.63. The molecule has 3 heterocycles. The lowest BCUT2D eigenvalue weighted by Crippen LogP contribution is -2.51. The van der Waals surface area contributed by atoms with Gasteiger partial charge in [-0.3, -0.25) is 18.9 Å². The third kappa shape index (κ3) is 4.59. The Balaban J connectivity index is 1.10. The van der Waals surface area contributed by atoms with E-state index >= 15 is 0 Å². The van der Waals surface area contributed by atoms with Gasteiger partial charge in [0.05, 0.1) is 5.69 Å². The molecule has 4 aliphatic carbocycles. The second-order valence-corrected chi connectivity index (χ2v) is 12.4. The van der Waals surface area contributed by atoms with Crippen molar-refractivity contribution in [3.63, 3.8) is 0 Å².